The van der Waals surface area contributed by atoms with Gasteiger partial charge in [0.25, 0.3) is 0 Å². The van der Waals surface area contributed by atoms with Crippen LogP contribution in [0.25, 0.3) is 0 Å². The molecule has 0 heterocycles. The van der Waals surface area contributed by atoms with Crippen LogP contribution in [0.5, 0.6) is 0 Å². The number of hydrogen-bond acceptors (Lipinski definition) is 5. The van der Waals surface area contributed by atoms with E-state index >= 15 is 0 Å². The van der Waals surface area contributed by atoms with Gasteiger partial charge >= 0.3 is 0 Å². The summed E-state index contributed by atoms with van der Waals surface area (Å²) in [5.41, 5.74) is 5.57. The molecule has 0 bridgehead atoms. The van der Waals surface area contributed by atoms with E-state index in [0.29, 0.717) is 52.7 Å². The monoisotopic (exact) mass is 274 g/mol. The largest absolute Gasteiger partial charge is 0.388 e. The Hall–Kier alpha value is -0.690. The van der Waals surface area contributed by atoms with Crippen molar-refractivity contribution in [2.24, 2.45) is 11.1 Å². The van der Waals surface area contributed by atoms with Crippen LogP contribution in [-0.2, 0) is 18.9 Å². The van der Waals surface area contributed by atoms with Crippen LogP contribution in [0.2, 0.25) is 0 Å². The van der Waals surface area contributed by atoms with Crippen LogP contribution in [-0.4, -0.2) is 59.2 Å². The lowest BCUT2D eigenvalue weighted by atomic mass is 10.0. The maximum Gasteiger partial charge on any atom is 0.0911 e. The number of rotatable bonds is 13. The Morgan fingerprint density at radius 1 is 1.00 bits per heavy atom. The van der Waals surface area contributed by atoms with Crippen LogP contribution in [0.15, 0.2) is 0 Å². The van der Waals surface area contributed by atoms with Gasteiger partial charge in [-0.25, -0.2) is 0 Å². The minimum Gasteiger partial charge on any atom is -0.388 e. The SMILES string of the molecule is COCCOCCOCCOCC1(CC(=N)N)CC1. The van der Waals surface area contributed by atoms with Crippen molar-refractivity contribution in [2.45, 2.75) is 19.3 Å². The molecule has 1 fully saturated rings. The highest BCUT2D eigenvalue weighted by Gasteiger charge is 2.43. The third-order valence-corrected chi connectivity index (χ3v) is 3.11. The Labute approximate surface area is 115 Å². The predicted octanol–water partition coefficient (Wildman–Crippen LogP) is 0.789. The zero-order valence-electron chi connectivity index (χ0n) is 11.8. The summed E-state index contributed by atoms with van der Waals surface area (Å²) in [6.45, 7) is 4.20. The van der Waals surface area contributed by atoms with Crippen LogP contribution in [0.4, 0.5) is 0 Å². The summed E-state index contributed by atoms with van der Waals surface area (Å²) < 4.78 is 21.1. The van der Waals surface area contributed by atoms with Gasteiger partial charge < -0.3 is 24.7 Å². The second kappa shape index (κ2) is 9.25. The molecule has 0 aliphatic heterocycles. The first-order valence-corrected chi connectivity index (χ1v) is 6.74. The minimum absolute atomic E-state index is 0.148. The highest BCUT2D eigenvalue weighted by molar-refractivity contribution is 5.78. The van der Waals surface area contributed by atoms with Crippen LogP contribution in [0.1, 0.15) is 19.3 Å². The molecule has 6 heteroatoms. The Bertz CT molecular complexity index is 257. The number of nitrogens with two attached hydrogens (primary N) is 1. The highest BCUT2D eigenvalue weighted by Crippen LogP contribution is 2.48. The maximum absolute atomic E-state index is 7.31. The van der Waals surface area contributed by atoms with E-state index in [1.165, 1.54) is 0 Å². The predicted molar refractivity (Wildman–Crippen MR) is 72.5 cm³/mol. The lowest BCUT2D eigenvalue weighted by molar-refractivity contribution is -0.00288. The summed E-state index contributed by atoms with van der Waals surface area (Å²) in [7, 11) is 1.65. The number of hydrogen-bond donors (Lipinski definition) is 2. The van der Waals surface area contributed by atoms with Gasteiger partial charge in [-0.15, -0.1) is 0 Å². The summed E-state index contributed by atoms with van der Waals surface area (Å²) in [5, 5.41) is 7.31. The smallest absolute Gasteiger partial charge is 0.0911 e. The fourth-order valence-electron chi connectivity index (χ4n) is 1.82. The van der Waals surface area contributed by atoms with Gasteiger partial charge in [-0.05, 0) is 12.8 Å². The van der Waals surface area contributed by atoms with E-state index in [2.05, 4.69) is 0 Å². The van der Waals surface area contributed by atoms with E-state index in [1.807, 2.05) is 0 Å². The third-order valence-electron chi connectivity index (χ3n) is 3.11. The Morgan fingerprint density at radius 3 is 2.00 bits per heavy atom. The molecular weight excluding hydrogens is 248 g/mol. The topological polar surface area (TPSA) is 86.8 Å². The molecule has 0 saturated heterocycles. The molecule has 1 rings (SSSR count). The van der Waals surface area contributed by atoms with Crippen molar-refractivity contribution < 1.29 is 18.9 Å². The van der Waals surface area contributed by atoms with Crippen molar-refractivity contribution in [3.63, 3.8) is 0 Å². The highest BCUT2D eigenvalue weighted by atomic mass is 16.6. The molecular formula is C13H26N2O4. The molecule has 3 N–H and O–H groups in total. The van der Waals surface area contributed by atoms with Gasteiger partial charge in [0.05, 0.1) is 52.1 Å². The van der Waals surface area contributed by atoms with E-state index in [9.17, 15) is 0 Å². The Morgan fingerprint density at radius 2 is 1.53 bits per heavy atom. The fraction of sp³-hybridized carbons (Fsp3) is 0.923. The van der Waals surface area contributed by atoms with E-state index in [4.69, 9.17) is 30.1 Å². The molecule has 0 spiro atoms. The molecule has 0 aromatic heterocycles. The van der Waals surface area contributed by atoms with Crippen LogP contribution in [0, 0.1) is 10.8 Å². The van der Waals surface area contributed by atoms with Gasteiger partial charge in [-0.1, -0.05) is 0 Å². The molecule has 6 nitrogen and oxygen atoms in total. The molecule has 0 aromatic rings. The first kappa shape index (κ1) is 16.4. The molecule has 1 saturated carbocycles. The summed E-state index contributed by atoms with van der Waals surface area (Å²) in [6.07, 6.45) is 2.88. The summed E-state index contributed by atoms with van der Waals surface area (Å²) in [6, 6.07) is 0. The molecule has 0 atom stereocenters. The minimum atomic E-state index is 0.148. The van der Waals surface area contributed by atoms with Crippen molar-refractivity contribution in [1.82, 2.24) is 0 Å². The summed E-state index contributed by atoms with van der Waals surface area (Å²) in [4.78, 5) is 0. The zero-order chi connectivity index (χ0) is 14.0. The fourth-order valence-corrected chi connectivity index (χ4v) is 1.82. The zero-order valence-corrected chi connectivity index (χ0v) is 11.8. The van der Waals surface area contributed by atoms with Crippen molar-refractivity contribution in [2.75, 3.05) is 53.4 Å². The number of nitrogens with one attached hydrogen (secondary N) is 1. The van der Waals surface area contributed by atoms with E-state index in [1.54, 1.807) is 7.11 Å². The standard InChI is InChI=1S/C13H26N2O4/c1-16-4-5-17-6-7-18-8-9-19-11-13(2-3-13)10-12(14)15/h2-11H2,1H3,(H3,14,15). The first-order chi connectivity index (χ1) is 9.18. The van der Waals surface area contributed by atoms with Gasteiger partial charge in [0.1, 0.15) is 0 Å². The van der Waals surface area contributed by atoms with Gasteiger partial charge in [0.15, 0.2) is 0 Å². The lowest BCUT2D eigenvalue weighted by Gasteiger charge is -2.14. The molecule has 1 aliphatic rings. The van der Waals surface area contributed by atoms with Crippen LogP contribution in [0.3, 0.4) is 0 Å². The van der Waals surface area contributed by atoms with E-state index in [-0.39, 0.29) is 11.3 Å². The lowest BCUT2D eigenvalue weighted by Crippen LogP contribution is -2.21. The van der Waals surface area contributed by atoms with Crippen LogP contribution < -0.4 is 5.73 Å². The first-order valence-electron chi connectivity index (χ1n) is 6.74. The molecule has 19 heavy (non-hydrogen) atoms. The van der Waals surface area contributed by atoms with Crippen molar-refractivity contribution in [3.05, 3.63) is 0 Å². The van der Waals surface area contributed by atoms with Gasteiger partial charge in [-0.2, -0.15) is 0 Å². The molecule has 0 radical (unpaired) electrons. The molecule has 0 amide bonds. The molecule has 0 aromatic carbocycles. The van der Waals surface area contributed by atoms with E-state index in [0.717, 1.165) is 12.8 Å². The maximum atomic E-state index is 7.31. The second-order valence-electron chi connectivity index (χ2n) is 4.97. The van der Waals surface area contributed by atoms with E-state index < -0.39 is 0 Å². The molecule has 112 valence electrons. The second-order valence-corrected chi connectivity index (χ2v) is 4.97. The van der Waals surface area contributed by atoms with Crippen molar-refractivity contribution >= 4 is 5.84 Å². The average Bonchev–Trinajstić information content (AvgIpc) is 3.11. The average molecular weight is 274 g/mol. The Balaban J connectivity index is 1.83. The van der Waals surface area contributed by atoms with Crippen molar-refractivity contribution in [1.29, 1.82) is 5.41 Å². The summed E-state index contributed by atoms with van der Waals surface area (Å²) in [5.74, 6) is 0.255. The number of amidine groups is 1. The quantitative estimate of drug-likeness (QED) is 0.294. The summed E-state index contributed by atoms with van der Waals surface area (Å²) >= 11 is 0. The third kappa shape index (κ3) is 8.15. The molecule has 1 aliphatic carbocycles. The van der Waals surface area contributed by atoms with Gasteiger partial charge in [0, 0.05) is 18.9 Å². The normalized spacial score (nSPS) is 16.5. The van der Waals surface area contributed by atoms with Gasteiger partial charge in [0.2, 0.25) is 0 Å². The Kier molecular flexibility index (Phi) is 7.97. The number of methoxy groups -OCH3 is 1. The van der Waals surface area contributed by atoms with Crippen molar-refractivity contribution in [3.8, 4) is 0 Å². The molecule has 0 unspecified atom stereocenters. The van der Waals surface area contributed by atoms with Crippen LogP contribution >= 0.6 is 0 Å². The number of ether oxygens (including phenoxy) is 4. The van der Waals surface area contributed by atoms with Gasteiger partial charge in [-0.3, -0.25) is 5.41 Å².